The number of aliphatic hydroxyl groups is 1. The molecule has 1 N–H and O–H groups in total. The Labute approximate surface area is 106 Å². The highest BCUT2D eigenvalue weighted by molar-refractivity contribution is 5.25. The molecule has 0 fully saturated rings. The first-order valence-corrected chi connectivity index (χ1v) is 6.11. The van der Waals surface area contributed by atoms with Crippen molar-refractivity contribution < 1.29 is 18.3 Å². The van der Waals surface area contributed by atoms with Crippen molar-refractivity contribution in [2.24, 2.45) is 5.92 Å². The predicted molar refractivity (Wildman–Crippen MR) is 65.2 cm³/mol. The van der Waals surface area contributed by atoms with Crippen molar-refractivity contribution in [2.45, 2.75) is 45.4 Å². The fourth-order valence-electron chi connectivity index (χ4n) is 1.87. The summed E-state index contributed by atoms with van der Waals surface area (Å²) in [5.41, 5.74) is 1.62. The van der Waals surface area contributed by atoms with Gasteiger partial charge in [-0.3, -0.25) is 0 Å². The van der Waals surface area contributed by atoms with Crippen LogP contribution in [-0.2, 0) is 6.42 Å². The largest absolute Gasteiger partial charge is 0.389 e. The number of halogens is 3. The van der Waals surface area contributed by atoms with Gasteiger partial charge in [0, 0.05) is 6.42 Å². The molecule has 0 aliphatic carbocycles. The van der Waals surface area contributed by atoms with Gasteiger partial charge in [0.2, 0.25) is 0 Å². The van der Waals surface area contributed by atoms with Crippen LogP contribution in [0.3, 0.4) is 0 Å². The van der Waals surface area contributed by atoms with Gasteiger partial charge >= 0.3 is 6.18 Å². The predicted octanol–water partition coefficient (Wildman–Crippen LogP) is 4.26. The average molecular weight is 260 g/mol. The molecular weight excluding hydrogens is 241 g/mol. The maximum atomic E-state index is 12.1. The van der Waals surface area contributed by atoms with E-state index in [1.54, 1.807) is 18.2 Å². The summed E-state index contributed by atoms with van der Waals surface area (Å²) in [6.45, 7) is 4.15. The molecule has 0 amide bonds. The summed E-state index contributed by atoms with van der Waals surface area (Å²) in [5, 5.41) is 9.74. The standard InChI is InChI=1S/C14H19F3O/c1-10(2)8-11-4-3-5-12(9-11)13(18)6-7-14(15,16)17/h3-5,9-10,13,18H,6-8H2,1-2H3. The van der Waals surface area contributed by atoms with E-state index in [4.69, 9.17) is 0 Å². The first-order chi connectivity index (χ1) is 8.28. The van der Waals surface area contributed by atoms with Gasteiger partial charge in [-0.05, 0) is 29.9 Å². The molecular formula is C14H19F3O. The minimum absolute atomic E-state index is 0.283. The summed E-state index contributed by atoms with van der Waals surface area (Å²) in [5.74, 6) is 0.479. The lowest BCUT2D eigenvalue weighted by atomic mass is 9.97. The average Bonchev–Trinajstić information content (AvgIpc) is 2.24. The van der Waals surface area contributed by atoms with Crippen LogP contribution >= 0.6 is 0 Å². The van der Waals surface area contributed by atoms with E-state index in [0.29, 0.717) is 11.5 Å². The minimum Gasteiger partial charge on any atom is -0.388 e. The SMILES string of the molecule is CC(C)Cc1cccc(C(O)CCC(F)(F)F)c1. The highest BCUT2D eigenvalue weighted by atomic mass is 19.4. The van der Waals surface area contributed by atoms with Crippen LogP contribution in [0.1, 0.15) is 43.9 Å². The quantitative estimate of drug-likeness (QED) is 0.838. The van der Waals surface area contributed by atoms with E-state index in [-0.39, 0.29) is 6.42 Å². The van der Waals surface area contributed by atoms with Crippen LogP contribution < -0.4 is 0 Å². The van der Waals surface area contributed by atoms with Crippen LogP contribution in [0, 0.1) is 5.92 Å². The summed E-state index contributed by atoms with van der Waals surface area (Å²) >= 11 is 0. The number of hydrogen-bond donors (Lipinski definition) is 1. The summed E-state index contributed by atoms with van der Waals surface area (Å²) in [4.78, 5) is 0. The molecule has 102 valence electrons. The van der Waals surface area contributed by atoms with E-state index in [2.05, 4.69) is 13.8 Å². The van der Waals surface area contributed by atoms with Gasteiger partial charge < -0.3 is 5.11 Å². The summed E-state index contributed by atoms with van der Waals surface area (Å²) in [6, 6.07) is 7.18. The Morgan fingerprint density at radius 2 is 1.89 bits per heavy atom. The van der Waals surface area contributed by atoms with Crippen LogP contribution in [0.25, 0.3) is 0 Å². The molecule has 1 aromatic rings. The molecule has 0 aliphatic rings. The molecule has 4 heteroatoms. The molecule has 1 unspecified atom stereocenters. The molecule has 0 aromatic heterocycles. The second-order valence-corrected chi connectivity index (χ2v) is 5.01. The first kappa shape index (κ1) is 15.0. The van der Waals surface area contributed by atoms with E-state index in [1.165, 1.54) is 0 Å². The Kier molecular flexibility index (Phi) is 5.20. The third kappa shape index (κ3) is 5.54. The Balaban J connectivity index is 2.65. The van der Waals surface area contributed by atoms with Gasteiger partial charge in [-0.2, -0.15) is 13.2 Å². The van der Waals surface area contributed by atoms with Crippen LogP contribution in [0.5, 0.6) is 0 Å². The van der Waals surface area contributed by atoms with Gasteiger partial charge in [-0.25, -0.2) is 0 Å². The Bertz CT molecular complexity index is 372. The lowest BCUT2D eigenvalue weighted by Gasteiger charge is -2.14. The second kappa shape index (κ2) is 6.23. The van der Waals surface area contributed by atoms with Crippen LogP contribution in [0.2, 0.25) is 0 Å². The third-order valence-corrected chi connectivity index (χ3v) is 2.68. The molecule has 0 heterocycles. The van der Waals surface area contributed by atoms with Gasteiger partial charge in [0.05, 0.1) is 6.10 Å². The number of aliphatic hydroxyl groups excluding tert-OH is 1. The van der Waals surface area contributed by atoms with Crippen molar-refractivity contribution in [1.82, 2.24) is 0 Å². The van der Waals surface area contributed by atoms with E-state index >= 15 is 0 Å². The van der Waals surface area contributed by atoms with Crippen LogP contribution in [0.15, 0.2) is 24.3 Å². The highest BCUT2D eigenvalue weighted by Crippen LogP contribution is 2.28. The molecule has 0 saturated heterocycles. The molecule has 0 spiro atoms. The van der Waals surface area contributed by atoms with Gasteiger partial charge in [0.25, 0.3) is 0 Å². The molecule has 0 radical (unpaired) electrons. The Morgan fingerprint density at radius 1 is 1.22 bits per heavy atom. The number of alkyl halides is 3. The van der Waals surface area contributed by atoms with Crippen molar-refractivity contribution in [2.75, 3.05) is 0 Å². The molecule has 1 nitrogen and oxygen atoms in total. The van der Waals surface area contributed by atoms with Gasteiger partial charge in [-0.1, -0.05) is 38.1 Å². The Morgan fingerprint density at radius 3 is 2.44 bits per heavy atom. The molecule has 0 aliphatic heterocycles. The third-order valence-electron chi connectivity index (χ3n) is 2.68. The van der Waals surface area contributed by atoms with Crippen molar-refractivity contribution in [3.63, 3.8) is 0 Å². The van der Waals surface area contributed by atoms with Crippen molar-refractivity contribution in [3.05, 3.63) is 35.4 Å². The lowest BCUT2D eigenvalue weighted by molar-refractivity contribution is -0.140. The molecule has 1 atom stereocenters. The van der Waals surface area contributed by atoms with E-state index in [0.717, 1.165) is 12.0 Å². The zero-order chi connectivity index (χ0) is 13.8. The minimum atomic E-state index is -4.21. The van der Waals surface area contributed by atoms with Crippen LogP contribution in [-0.4, -0.2) is 11.3 Å². The molecule has 1 rings (SSSR count). The Hall–Kier alpha value is -1.03. The first-order valence-electron chi connectivity index (χ1n) is 6.11. The molecule has 1 aromatic carbocycles. The monoisotopic (exact) mass is 260 g/mol. The van der Waals surface area contributed by atoms with Gasteiger partial charge in [-0.15, -0.1) is 0 Å². The zero-order valence-corrected chi connectivity index (χ0v) is 10.7. The summed E-state index contributed by atoms with van der Waals surface area (Å²) in [6.07, 6.45) is -5.63. The zero-order valence-electron chi connectivity index (χ0n) is 10.7. The topological polar surface area (TPSA) is 20.2 Å². The van der Waals surface area contributed by atoms with Crippen molar-refractivity contribution in [1.29, 1.82) is 0 Å². The second-order valence-electron chi connectivity index (χ2n) is 5.01. The van der Waals surface area contributed by atoms with Crippen molar-refractivity contribution >= 4 is 0 Å². The normalized spacial score (nSPS) is 13.9. The number of rotatable bonds is 5. The fourth-order valence-corrected chi connectivity index (χ4v) is 1.87. The number of benzene rings is 1. The van der Waals surface area contributed by atoms with Crippen LogP contribution in [0.4, 0.5) is 13.2 Å². The molecule has 0 saturated carbocycles. The van der Waals surface area contributed by atoms with E-state index < -0.39 is 18.7 Å². The fraction of sp³-hybridized carbons (Fsp3) is 0.571. The van der Waals surface area contributed by atoms with E-state index in [9.17, 15) is 18.3 Å². The summed E-state index contributed by atoms with van der Waals surface area (Å²) in [7, 11) is 0. The van der Waals surface area contributed by atoms with Crippen molar-refractivity contribution in [3.8, 4) is 0 Å². The number of hydrogen-bond acceptors (Lipinski definition) is 1. The maximum Gasteiger partial charge on any atom is 0.389 e. The van der Waals surface area contributed by atoms with Gasteiger partial charge in [0.15, 0.2) is 0 Å². The maximum absolute atomic E-state index is 12.1. The van der Waals surface area contributed by atoms with Gasteiger partial charge in [0.1, 0.15) is 0 Å². The van der Waals surface area contributed by atoms with E-state index in [1.807, 2.05) is 6.07 Å². The summed E-state index contributed by atoms with van der Waals surface area (Å²) < 4.78 is 36.2. The smallest absolute Gasteiger partial charge is 0.388 e. The molecule has 0 bridgehead atoms. The lowest BCUT2D eigenvalue weighted by Crippen LogP contribution is -2.10. The highest BCUT2D eigenvalue weighted by Gasteiger charge is 2.28. The molecule has 18 heavy (non-hydrogen) atoms.